The minimum atomic E-state index is -2.56. The summed E-state index contributed by atoms with van der Waals surface area (Å²) in [5.74, 6) is -0.943. The number of amides is 1. The van der Waals surface area contributed by atoms with Crippen molar-refractivity contribution in [2.45, 2.75) is 119 Å². The molecule has 4 heterocycles. The van der Waals surface area contributed by atoms with Crippen molar-refractivity contribution in [1.29, 1.82) is 0 Å². The number of ether oxygens (including phenoxy) is 4. The van der Waals surface area contributed by atoms with Crippen LogP contribution in [0.1, 0.15) is 117 Å². The van der Waals surface area contributed by atoms with Crippen LogP contribution in [-0.2, 0) is 29.1 Å². The van der Waals surface area contributed by atoms with Gasteiger partial charge in [-0.05, 0) is 103 Å². The van der Waals surface area contributed by atoms with Crippen LogP contribution >= 0.6 is 0 Å². The molecule has 1 amide bonds. The summed E-state index contributed by atoms with van der Waals surface area (Å²) < 4.78 is 25.5. The van der Waals surface area contributed by atoms with Crippen molar-refractivity contribution in [2.24, 2.45) is 0 Å². The van der Waals surface area contributed by atoms with Gasteiger partial charge in [0.1, 0.15) is 41.7 Å². The number of hydrogen-bond donors (Lipinski definition) is 8. The fourth-order valence-corrected chi connectivity index (χ4v) is 11.1. The number of methoxy groups -OCH3 is 1. The Balaban J connectivity index is 1.11. The van der Waals surface area contributed by atoms with Crippen LogP contribution in [0.25, 0.3) is 27.8 Å². The molecule has 1 saturated heterocycles. The van der Waals surface area contributed by atoms with Crippen molar-refractivity contribution >= 4 is 39.4 Å². The number of aliphatic hydroxyl groups excluding tert-OH is 3. The van der Waals surface area contributed by atoms with Gasteiger partial charge < -0.3 is 65.0 Å². The van der Waals surface area contributed by atoms with Gasteiger partial charge >= 0.3 is 0 Å². The predicted octanol–water partition coefficient (Wildman–Crippen LogP) is 5.62. The van der Waals surface area contributed by atoms with Gasteiger partial charge in [-0.1, -0.05) is 50.0 Å². The van der Waals surface area contributed by atoms with Gasteiger partial charge in [-0.25, -0.2) is 0 Å². The summed E-state index contributed by atoms with van der Waals surface area (Å²) >= 11 is 0. The second kappa shape index (κ2) is 18.6. The highest BCUT2D eigenvalue weighted by atomic mass is 16.7. The number of aromatic hydroxyl groups is 1. The Morgan fingerprint density at radius 3 is 2.57 bits per heavy atom. The summed E-state index contributed by atoms with van der Waals surface area (Å²) in [6, 6.07) is 15.9. The zero-order valence-electron chi connectivity index (χ0n) is 37.9. The highest BCUT2D eigenvalue weighted by Gasteiger charge is 2.57. The molecule has 2 bridgehead atoms. The van der Waals surface area contributed by atoms with E-state index in [1.807, 2.05) is 37.5 Å². The first-order chi connectivity index (χ1) is 32.5. The Hall–Kier alpha value is -5.36. The number of phenolic OH excluding ortho intramolecular Hbond substituents is 1. The van der Waals surface area contributed by atoms with E-state index in [9.17, 15) is 35.1 Å². The van der Waals surface area contributed by atoms with Gasteiger partial charge in [0, 0.05) is 53.9 Å². The highest BCUT2D eigenvalue weighted by molar-refractivity contribution is 6.11. The Kier molecular flexibility index (Phi) is 12.6. The molecule has 15 nitrogen and oxygen atoms in total. The van der Waals surface area contributed by atoms with Gasteiger partial charge in [0.05, 0.1) is 43.4 Å². The van der Waals surface area contributed by atoms with Crippen molar-refractivity contribution in [3.63, 3.8) is 0 Å². The Labute approximate surface area is 388 Å². The molecule has 10 rings (SSSR count). The predicted molar refractivity (Wildman–Crippen MR) is 250 cm³/mol. The van der Waals surface area contributed by atoms with Gasteiger partial charge in [0.15, 0.2) is 11.4 Å². The summed E-state index contributed by atoms with van der Waals surface area (Å²) in [4.78, 5) is 33.6. The quantitative estimate of drug-likeness (QED) is 0.0715. The van der Waals surface area contributed by atoms with E-state index in [1.165, 1.54) is 24.9 Å². The van der Waals surface area contributed by atoms with E-state index < -0.39 is 54.4 Å². The number of aromatic nitrogens is 1. The Morgan fingerprint density at radius 1 is 1.01 bits per heavy atom. The van der Waals surface area contributed by atoms with Crippen LogP contribution < -0.4 is 20.1 Å². The largest absolute Gasteiger partial charge is 0.506 e. The summed E-state index contributed by atoms with van der Waals surface area (Å²) in [5.41, 5.74) is 3.53. The average molecular weight is 917 g/mol. The smallest absolute Gasteiger partial charge is 0.254 e. The number of carbonyl (C=O) groups is 2. The van der Waals surface area contributed by atoms with Crippen LogP contribution in [0.2, 0.25) is 0 Å². The molecule has 4 aromatic carbocycles. The number of aromatic amines is 1. The summed E-state index contributed by atoms with van der Waals surface area (Å²) in [6.07, 6.45) is 6.09. The number of nitrogens with zero attached hydrogens (tertiary/aromatic N) is 1. The number of fused-ring (bicyclic) bond motifs is 7. The van der Waals surface area contributed by atoms with E-state index in [4.69, 9.17) is 18.9 Å². The number of benzene rings is 4. The lowest BCUT2D eigenvalue weighted by Gasteiger charge is -2.47. The maximum absolute atomic E-state index is 14.9. The second-order valence-electron chi connectivity index (χ2n) is 19.0. The SMILES string of the molecule is CNCc1cccc2c1CN(CC(=O)c1c(C3CCCC3)cc3cc(OC)c4c(c3c1O)OC1OC(COC(c3c[nH]c5ccc(CNC6CCCC6)cc35)C=C4)C(O)C(O)C1(O)CO)C2=O. The Morgan fingerprint density at radius 2 is 1.81 bits per heavy atom. The first kappa shape index (κ1) is 45.4. The molecule has 5 aromatic rings. The van der Waals surface area contributed by atoms with Crippen LogP contribution in [0.3, 0.4) is 0 Å². The first-order valence-electron chi connectivity index (χ1n) is 23.6. The van der Waals surface area contributed by atoms with Crippen molar-refractivity contribution in [3.05, 3.63) is 105 Å². The number of aliphatic hydroxyl groups is 4. The van der Waals surface area contributed by atoms with Crippen LogP contribution in [0.4, 0.5) is 0 Å². The lowest BCUT2D eigenvalue weighted by atomic mass is 9.86. The van der Waals surface area contributed by atoms with Gasteiger partial charge in [-0.2, -0.15) is 0 Å². The maximum atomic E-state index is 14.9. The number of ketones is 1. The lowest BCUT2D eigenvalue weighted by Crippen LogP contribution is -2.69. The van der Waals surface area contributed by atoms with Crippen molar-refractivity contribution < 1.29 is 54.1 Å². The number of phenols is 1. The molecule has 2 saturated carbocycles. The van der Waals surface area contributed by atoms with Gasteiger partial charge in [-0.3, -0.25) is 9.59 Å². The molecule has 3 aliphatic heterocycles. The second-order valence-corrected chi connectivity index (χ2v) is 19.0. The minimum absolute atomic E-state index is 0.0568. The van der Waals surface area contributed by atoms with Crippen molar-refractivity contribution in [3.8, 4) is 17.2 Å². The van der Waals surface area contributed by atoms with E-state index in [2.05, 4.69) is 27.8 Å². The molecule has 6 atom stereocenters. The van der Waals surface area contributed by atoms with E-state index in [-0.39, 0.29) is 53.8 Å². The van der Waals surface area contributed by atoms with E-state index in [0.717, 1.165) is 71.7 Å². The summed E-state index contributed by atoms with van der Waals surface area (Å²) in [6.45, 7) is -0.142. The molecule has 0 radical (unpaired) electrons. The molecule has 3 fully saturated rings. The molecule has 6 unspecified atom stereocenters. The van der Waals surface area contributed by atoms with Crippen LogP contribution in [0.5, 0.6) is 17.2 Å². The van der Waals surface area contributed by atoms with Gasteiger partial charge in [-0.15, -0.1) is 0 Å². The van der Waals surface area contributed by atoms with E-state index in [1.54, 1.807) is 24.3 Å². The lowest BCUT2D eigenvalue weighted by molar-refractivity contribution is -0.329. The van der Waals surface area contributed by atoms with Gasteiger partial charge in [0.25, 0.3) is 5.91 Å². The number of carbonyl (C=O) groups excluding carboxylic acids is 2. The molecule has 2 aliphatic carbocycles. The number of hydrogen-bond acceptors (Lipinski definition) is 13. The zero-order chi connectivity index (χ0) is 46.6. The summed E-state index contributed by atoms with van der Waals surface area (Å²) in [5, 5.41) is 66.5. The van der Waals surface area contributed by atoms with E-state index >= 15 is 0 Å². The number of Topliss-reactive ketones (excluding diaryl/α,β-unsaturated/α-hetero) is 1. The molecular weight excluding hydrogens is 857 g/mol. The van der Waals surface area contributed by atoms with Crippen molar-refractivity contribution in [2.75, 3.05) is 33.9 Å². The molecule has 15 heteroatoms. The topological polar surface area (TPSA) is 215 Å². The number of nitrogens with one attached hydrogen (secondary N) is 3. The molecule has 0 spiro atoms. The third-order valence-electron chi connectivity index (χ3n) is 14.8. The fourth-order valence-electron chi connectivity index (χ4n) is 11.1. The molecule has 1 aromatic heterocycles. The number of H-pyrrole nitrogens is 1. The first-order valence-corrected chi connectivity index (χ1v) is 23.6. The van der Waals surface area contributed by atoms with Gasteiger partial charge in [0.2, 0.25) is 6.29 Å². The van der Waals surface area contributed by atoms with Crippen LogP contribution in [-0.4, -0.2) is 117 Å². The molecule has 5 aliphatic rings. The normalized spacial score (nSPS) is 25.7. The monoisotopic (exact) mass is 916 g/mol. The molecule has 8 N–H and O–H groups in total. The minimum Gasteiger partial charge on any atom is -0.506 e. The fraction of sp³-hybridized carbons (Fsp3) is 0.462. The third kappa shape index (κ3) is 8.18. The summed E-state index contributed by atoms with van der Waals surface area (Å²) in [7, 11) is 3.33. The highest BCUT2D eigenvalue weighted by Crippen LogP contribution is 2.50. The maximum Gasteiger partial charge on any atom is 0.254 e. The van der Waals surface area contributed by atoms with Crippen molar-refractivity contribution in [1.82, 2.24) is 20.5 Å². The average Bonchev–Trinajstić information content (AvgIpc) is 4.18. The van der Waals surface area contributed by atoms with Crippen LogP contribution in [0, 0.1) is 0 Å². The standard InChI is InChI=1S/C52H60N4O11/c1-53-22-30-10-7-13-33-38(30)24-56(50(33)62)25-40(58)45-35(29-8-3-4-9-29)19-31-20-42(64-2)34-15-17-41(37-23-55-39-16-14-28(18-36(37)39)21-54-32-11-5-6-12-32)65-26-43-46(59)49(61)52(63,27-57)51(66-43)67-48(34)44(31)47(45)60/h7,10,13-20,23,29,32,41,43,46,49,51,53-55,57,59-61,63H,3-6,8-9,11-12,21-22,24-27H2,1-2H3. The zero-order valence-corrected chi connectivity index (χ0v) is 37.9. The molecular formula is C52H60N4O11. The van der Waals surface area contributed by atoms with Crippen LogP contribution in [0.15, 0.2) is 60.8 Å². The third-order valence-corrected chi connectivity index (χ3v) is 14.8. The Bertz CT molecular complexity index is 2720. The molecule has 354 valence electrons. The molecule has 67 heavy (non-hydrogen) atoms. The van der Waals surface area contributed by atoms with E-state index in [0.29, 0.717) is 41.4 Å². The number of rotatable bonds is 12.